The smallest absolute Gasteiger partial charge is 0.262 e. The maximum atomic E-state index is 11.8. The third-order valence-corrected chi connectivity index (χ3v) is 1.33. The van der Waals surface area contributed by atoms with Crippen LogP contribution in [0.15, 0.2) is 0 Å². The molecule has 1 saturated carbocycles. The Kier molecular flexibility index (Phi) is 2.18. The minimum atomic E-state index is -2.54. The fourth-order valence-electron chi connectivity index (χ4n) is 0.529. The predicted molar refractivity (Wildman–Crippen MR) is 29.4 cm³/mol. The van der Waals surface area contributed by atoms with Gasteiger partial charge >= 0.3 is 0 Å². The standard InChI is InChI=1S/C4H7F2N.ClH/c5-4(6)2-1-3(4)7;/h3H,1-2,7H2;1H/t3-;/m0./s1. The van der Waals surface area contributed by atoms with Crippen molar-refractivity contribution in [3.05, 3.63) is 0 Å². The molecule has 1 fully saturated rings. The van der Waals surface area contributed by atoms with Crippen molar-refractivity contribution < 1.29 is 8.78 Å². The maximum Gasteiger partial charge on any atom is 0.262 e. The molecule has 1 aliphatic carbocycles. The second kappa shape index (κ2) is 2.15. The van der Waals surface area contributed by atoms with Crippen molar-refractivity contribution in [2.45, 2.75) is 24.8 Å². The minimum absolute atomic E-state index is 0. The molecule has 0 aromatic heterocycles. The van der Waals surface area contributed by atoms with Crippen molar-refractivity contribution in [3.8, 4) is 0 Å². The normalized spacial score (nSPS) is 32.6. The molecule has 0 saturated heterocycles. The monoisotopic (exact) mass is 143 g/mol. The van der Waals surface area contributed by atoms with Crippen molar-refractivity contribution in [1.29, 1.82) is 0 Å². The third-order valence-electron chi connectivity index (χ3n) is 1.33. The third kappa shape index (κ3) is 1.09. The summed E-state index contributed by atoms with van der Waals surface area (Å²) in [5.41, 5.74) is 4.91. The highest BCUT2D eigenvalue weighted by Gasteiger charge is 2.45. The number of halogens is 3. The summed E-state index contributed by atoms with van der Waals surface area (Å²) in [6, 6.07) is -0.854. The van der Waals surface area contributed by atoms with Crippen LogP contribution in [0.5, 0.6) is 0 Å². The van der Waals surface area contributed by atoms with Crippen LogP contribution in [0.25, 0.3) is 0 Å². The average molecular weight is 144 g/mol. The van der Waals surface area contributed by atoms with Crippen molar-refractivity contribution in [1.82, 2.24) is 0 Å². The maximum absolute atomic E-state index is 11.8. The molecule has 4 heteroatoms. The first kappa shape index (κ1) is 8.11. The number of alkyl halides is 2. The predicted octanol–water partition coefficient (Wildman–Crippen LogP) is 1.16. The summed E-state index contributed by atoms with van der Waals surface area (Å²) >= 11 is 0. The zero-order chi connectivity index (χ0) is 5.49. The van der Waals surface area contributed by atoms with Crippen molar-refractivity contribution in [2.75, 3.05) is 0 Å². The summed E-state index contributed by atoms with van der Waals surface area (Å²) in [6.45, 7) is 0. The Bertz CT molecular complexity index is 86.1. The Morgan fingerprint density at radius 3 is 1.88 bits per heavy atom. The van der Waals surface area contributed by atoms with E-state index in [1.807, 2.05) is 0 Å². The van der Waals surface area contributed by atoms with Gasteiger partial charge in [-0.25, -0.2) is 8.78 Å². The van der Waals surface area contributed by atoms with Gasteiger partial charge in [-0.1, -0.05) is 0 Å². The van der Waals surface area contributed by atoms with Gasteiger partial charge in [0.2, 0.25) is 0 Å². The first-order chi connectivity index (χ1) is 3.13. The second-order valence-corrected chi connectivity index (χ2v) is 1.91. The highest BCUT2D eigenvalue weighted by molar-refractivity contribution is 5.85. The Labute approximate surface area is 52.7 Å². The number of rotatable bonds is 0. The van der Waals surface area contributed by atoms with Gasteiger partial charge in [0, 0.05) is 6.42 Å². The molecule has 0 aromatic carbocycles. The first-order valence-corrected chi connectivity index (χ1v) is 2.26. The summed E-state index contributed by atoms with van der Waals surface area (Å²) in [5.74, 6) is -2.54. The molecule has 1 nitrogen and oxygen atoms in total. The van der Waals surface area contributed by atoms with Gasteiger partial charge in [-0.15, -0.1) is 12.4 Å². The SMILES string of the molecule is Cl.N[C@H]1CCC1(F)F. The average Bonchev–Trinajstić information content (AvgIpc) is 1.63. The van der Waals surface area contributed by atoms with E-state index in [9.17, 15) is 8.78 Å². The summed E-state index contributed by atoms with van der Waals surface area (Å²) < 4.78 is 23.6. The molecule has 1 aliphatic rings. The topological polar surface area (TPSA) is 26.0 Å². The summed E-state index contributed by atoms with van der Waals surface area (Å²) in [5, 5.41) is 0. The van der Waals surface area contributed by atoms with Crippen LogP contribution < -0.4 is 5.73 Å². The molecule has 1 atom stereocenters. The quantitative estimate of drug-likeness (QED) is 0.541. The molecule has 2 N–H and O–H groups in total. The molecule has 0 spiro atoms. The van der Waals surface area contributed by atoms with E-state index in [1.165, 1.54) is 0 Å². The Morgan fingerprint density at radius 1 is 1.50 bits per heavy atom. The fourth-order valence-corrected chi connectivity index (χ4v) is 0.529. The molecule has 0 aliphatic heterocycles. The van der Waals surface area contributed by atoms with Crippen LogP contribution in [0, 0.1) is 0 Å². The largest absolute Gasteiger partial charge is 0.323 e. The molecular weight excluding hydrogens is 136 g/mol. The lowest BCUT2D eigenvalue weighted by Gasteiger charge is -2.32. The number of nitrogens with two attached hydrogens (primary N) is 1. The summed E-state index contributed by atoms with van der Waals surface area (Å²) in [7, 11) is 0. The van der Waals surface area contributed by atoms with E-state index in [4.69, 9.17) is 5.73 Å². The van der Waals surface area contributed by atoms with E-state index in [0.29, 0.717) is 6.42 Å². The first-order valence-electron chi connectivity index (χ1n) is 2.26. The highest BCUT2D eigenvalue weighted by atomic mass is 35.5. The van der Waals surface area contributed by atoms with E-state index in [0.717, 1.165) is 0 Å². The van der Waals surface area contributed by atoms with Crippen molar-refractivity contribution in [2.24, 2.45) is 5.73 Å². The molecule has 0 heterocycles. The number of hydrogen-bond acceptors (Lipinski definition) is 1. The van der Waals surface area contributed by atoms with Crippen LogP contribution in [0.2, 0.25) is 0 Å². The van der Waals surface area contributed by atoms with Crippen LogP contribution in [0.3, 0.4) is 0 Å². The van der Waals surface area contributed by atoms with Crippen LogP contribution in [-0.2, 0) is 0 Å². The molecule has 0 unspecified atom stereocenters. The van der Waals surface area contributed by atoms with Gasteiger partial charge in [-0.05, 0) is 6.42 Å². The van der Waals surface area contributed by atoms with Crippen LogP contribution in [0.1, 0.15) is 12.8 Å². The molecular formula is C4H8ClF2N. The van der Waals surface area contributed by atoms with Gasteiger partial charge in [0.25, 0.3) is 5.92 Å². The van der Waals surface area contributed by atoms with E-state index < -0.39 is 12.0 Å². The summed E-state index contributed by atoms with van der Waals surface area (Å²) in [6.07, 6.45) is 0.459. The van der Waals surface area contributed by atoms with Gasteiger partial charge in [0.05, 0.1) is 6.04 Å². The van der Waals surface area contributed by atoms with Crippen LogP contribution in [0.4, 0.5) is 8.78 Å². The Morgan fingerprint density at radius 2 is 1.88 bits per heavy atom. The molecule has 0 aromatic rings. The molecule has 8 heavy (non-hydrogen) atoms. The second-order valence-electron chi connectivity index (χ2n) is 1.91. The van der Waals surface area contributed by atoms with E-state index in [2.05, 4.69) is 0 Å². The van der Waals surface area contributed by atoms with Gasteiger partial charge in [-0.3, -0.25) is 0 Å². The Balaban J connectivity index is 0.000000490. The van der Waals surface area contributed by atoms with Crippen molar-refractivity contribution >= 4 is 12.4 Å². The van der Waals surface area contributed by atoms with E-state index in [1.54, 1.807) is 0 Å². The fraction of sp³-hybridized carbons (Fsp3) is 1.00. The van der Waals surface area contributed by atoms with Gasteiger partial charge in [0.1, 0.15) is 0 Å². The molecule has 0 amide bonds. The zero-order valence-corrected chi connectivity index (χ0v) is 5.05. The molecule has 1 rings (SSSR count). The van der Waals surface area contributed by atoms with Gasteiger partial charge < -0.3 is 5.73 Å². The zero-order valence-electron chi connectivity index (χ0n) is 4.23. The van der Waals surface area contributed by atoms with Crippen LogP contribution >= 0.6 is 12.4 Å². The lowest BCUT2D eigenvalue weighted by atomic mass is 9.89. The minimum Gasteiger partial charge on any atom is -0.323 e. The lowest BCUT2D eigenvalue weighted by Crippen LogP contribution is -2.49. The van der Waals surface area contributed by atoms with E-state index in [-0.39, 0.29) is 18.8 Å². The van der Waals surface area contributed by atoms with Crippen LogP contribution in [-0.4, -0.2) is 12.0 Å². The highest BCUT2D eigenvalue weighted by Crippen LogP contribution is 2.35. The molecule has 50 valence electrons. The molecule has 0 bridgehead atoms. The van der Waals surface area contributed by atoms with Crippen molar-refractivity contribution in [3.63, 3.8) is 0 Å². The lowest BCUT2D eigenvalue weighted by molar-refractivity contribution is -0.0921. The Hall–Kier alpha value is 0.110. The van der Waals surface area contributed by atoms with Gasteiger partial charge in [-0.2, -0.15) is 0 Å². The summed E-state index contributed by atoms with van der Waals surface area (Å²) in [4.78, 5) is 0. The van der Waals surface area contributed by atoms with E-state index >= 15 is 0 Å². The number of hydrogen-bond donors (Lipinski definition) is 1. The van der Waals surface area contributed by atoms with Gasteiger partial charge in [0.15, 0.2) is 0 Å². The molecule has 0 radical (unpaired) electrons.